The van der Waals surface area contributed by atoms with Crippen molar-refractivity contribution in [3.63, 3.8) is 0 Å². The molecule has 0 saturated carbocycles. The monoisotopic (exact) mass is 340 g/mol. The first-order chi connectivity index (χ1) is 11.0. The van der Waals surface area contributed by atoms with Crippen LogP contribution >= 0.6 is 0 Å². The second-order valence-electron chi connectivity index (χ2n) is 5.51. The molecule has 0 aliphatic carbocycles. The summed E-state index contributed by atoms with van der Waals surface area (Å²) in [5, 5.41) is 0. The van der Waals surface area contributed by atoms with Crippen LogP contribution in [-0.2, 0) is 10.0 Å². The molecule has 3 rings (SSSR count). The lowest BCUT2D eigenvalue weighted by atomic mass is 10.1. The van der Waals surface area contributed by atoms with Crippen LogP contribution in [-0.4, -0.2) is 62.3 Å². The summed E-state index contributed by atoms with van der Waals surface area (Å²) in [5.74, 6) is 1.18. The second-order valence-corrected chi connectivity index (χ2v) is 7.77. The Bertz CT molecular complexity index is 704. The summed E-state index contributed by atoms with van der Waals surface area (Å²) in [6, 6.07) is 5.11. The van der Waals surface area contributed by atoms with E-state index in [-0.39, 0.29) is 18.5 Å². The first-order valence-corrected chi connectivity index (χ1v) is 9.29. The van der Waals surface area contributed by atoms with Gasteiger partial charge in [0.05, 0.1) is 5.75 Å². The maximum Gasteiger partial charge on any atom is 0.254 e. The molecule has 2 heterocycles. The van der Waals surface area contributed by atoms with Crippen molar-refractivity contribution < 1.29 is 22.7 Å². The third-order valence-electron chi connectivity index (χ3n) is 4.12. The van der Waals surface area contributed by atoms with Crippen LogP contribution in [0.1, 0.15) is 23.7 Å². The van der Waals surface area contributed by atoms with E-state index in [9.17, 15) is 13.2 Å². The van der Waals surface area contributed by atoms with E-state index in [1.807, 2.05) is 0 Å². The maximum atomic E-state index is 12.6. The van der Waals surface area contributed by atoms with E-state index in [0.29, 0.717) is 49.7 Å². The van der Waals surface area contributed by atoms with Gasteiger partial charge in [0.2, 0.25) is 16.8 Å². The molecule has 1 aromatic carbocycles. The van der Waals surface area contributed by atoms with Gasteiger partial charge in [0.15, 0.2) is 11.5 Å². The molecule has 0 N–H and O–H groups in total. The Morgan fingerprint density at radius 3 is 2.70 bits per heavy atom. The Morgan fingerprint density at radius 2 is 1.91 bits per heavy atom. The molecule has 0 aromatic heterocycles. The fourth-order valence-corrected chi connectivity index (χ4v) is 3.90. The van der Waals surface area contributed by atoms with E-state index in [4.69, 9.17) is 9.47 Å². The van der Waals surface area contributed by atoms with Crippen molar-refractivity contribution >= 4 is 15.9 Å². The van der Waals surface area contributed by atoms with Gasteiger partial charge in [-0.3, -0.25) is 4.79 Å². The number of amides is 1. The normalized spacial score (nSPS) is 18.7. The van der Waals surface area contributed by atoms with Crippen molar-refractivity contribution in [2.24, 2.45) is 0 Å². The van der Waals surface area contributed by atoms with Crippen molar-refractivity contribution in [2.75, 3.05) is 38.7 Å². The third kappa shape index (κ3) is 3.28. The zero-order valence-corrected chi connectivity index (χ0v) is 13.8. The van der Waals surface area contributed by atoms with Gasteiger partial charge in [-0.25, -0.2) is 12.7 Å². The van der Waals surface area contributed by atoms with Gasteiger partial charge in [0.1, 0.15) is 0 Å². The van der Waals surface area contributed by atoms with E-state index in [1.165, 1.54) is 4.31 Å². The zero-order valence-electron chi connectivity index (χ0n) is 13.0. The number of benzene rings is 1. The van der Waals surface area contributed by atoms with Crippen LogP contribution in [0.25, 0.3) is 0 Å². The van der Waals surface area contributed by atoms with E-state index in [1.54, 1.807) is 30.0 Å². The van der Waals surface area contributed by atoms with Crippen molar-refractivity contribution in [3.8, 4) is 11.5 Å². The number of fused-ring (bicyclic) bond motifs is 1. The minimum absolute atomic E-state index is 0.0864. The fourth-order valence-electron chi connectivity index (χ4n) is 2.77. The Balaban J connectivity index is 1.71. The topological polar surface area (TPSA) is 76.2 Å². The smallest absolute Gasteiger partial charge is 0.254 e. The lowest BCUT2D eigenvalue weighted by molar-refractivity contribution is 0.0764. The molecule has 1 amide bonds. The number of carbonyl (C=O) groups is 1. The Hall–Kier alpha value is -1.80. The molecule has 0 radical (unpaired) electrons. The van der Waals surface area contributed by atoms with Gasteiger partial charge in [0.25, 0.3) is 5.91 Å². The summed E-state index contributed by atoms with van der Waals surface area (Å²) >= 11 is 0. The van der Waals surface area contributed by atoms with Crippen molar-refractivity contribution in [3.05, 3.63) is 23.8 Å². The fraction of sp³-hybridized carbons (Fsp3) is 0.533. The van der Waals surface area contributed by atoms with Crippen LogP contribution < -0.4 is 9.47 Å². The highest BCUT2D eigenvalue weighted by atomic mass is 32.2. The highest BCUT2D eigenvalue weighted by Gasteiger charge is 2.26. The summed E-state index contributed by atoms with van der Waals surface area (Å²) in [6.07, 6.45) is 0.634. The van der Waals surface area contributed by atoms with Crippen LogP contribution in [0, 0.1) is 0 Å². The van der Waals surface area contributed by atoms with Gasteiger partial charge in [-0.2, -0.15) is 0 Å². The van der Waals surface area contributed by atoms with E-state index < -0.39 is 10.0 Å². The van der Waals surface area contributed by atoms with Gasteiger partial charge in [0, 0.05) is 31.7 Å². The molecule has 0 spiro atoms. The standard InChI is InChI=1S/C15H20N2O5S/c1-2-23(19,20)17-7-3-6-16(8-9-17)15(18)12-4-5-13-14(10-12)22-11-21-13/h4-5,10H,2-3,6-9,11H2,1H3. The van der Waals surface area contributed by atoms with Crippen LogP contribution in [0.3, 0.4) is 0 Å². The first-order valence-electron chi connectivity index (χ1n) is 7.68. The van der Waals surface area contributed by atoms with Crippen LogP contribution in [0.5, 0.6) is 11.5 Å². The van der Waals surface area contributed by atoms with Crippen LogP contribution in [0.4, 0.5) is 0 Å². The molecule has 2 aliphatic rings. The zero-order chi connectivity index (χ0) is 16.4. The maximum absolute atomic E-state index is 12.6. The van der Waals surface area contributed by atoms with Crippen LogP contribution in [0.2, 0.25) is 0 Å². The minimum atomic E-state index is -3.21. The lowest BCUT2D eigenvalue weighted by Gasteiger charge is -2.21. The highest BCUT2D eigenvalue weighted by molar-refractivity contribution is 7.89. The molecule has 0 unspecified atom stereocenters. The van der Waals surface area contributed by atoms with Gasteiger partial charge < -0.3 is 14.4 Å². The molecule has 1 saturated heterocycles. The summed E-state index contributed by atoms with van der Waals surface area (Å²) in [6.45, 7) is 3.54. The van der Waals surface area contributed by atoms with Crippen molar-refractivity contribution in [1.29, 1.82) is 0 Å². The predicted molar refractivity (Wildman–Crippen MR) is 84.1 cm³/mol. The Morgan fingerprint density at radius 1 is 1.13 bits per heavy atom. The molecule has 0 atom stereocenters. The molecule has 0 bridgehead atoms. The number of rotatable bonds is 3. The summed E-state index contributed by atoms with van der Waals surface area (Å²) < 4.78 is 36.0. The summed E-state index contributed by atoms with van der Waals surface area (Å²) in [7, 11) is -3.21. The number of ether oxygens (including phenoxy) is 2. The molecule has 1 aromatic rings. The van der Waals surface area contributed by atoms with E-state index >= 15 is 0 Å². The predicted octanol–water partition coefficient (Wildman–Crippen LogP) is 0.913. The molecule has 8 heteroatoms. The average Bonchev–Trinajstić information content (AvgIpc) is 2.87. The molecule has 23 heavy (non-hydrogen) atoms. The van der Waals surface area contributed by atoms with E-state index in [2.05, 4.69) is 0 Å². The quantitative estimate of drug-likeness (QED) is 0.818. The largest absolute Gasteiger partial charge is 0.454 e. The first kappa shape index (κ1) is 16.1. The number of carbonyl (C=O) groups excluding carboxylic acids is 1. The number of sulfonamides is 1. The molecular weight excluding hydrogens is 320 g/mol. The molecule has 126 valence electrons. The second kappa shape index (κ2) is 6.37. The van der Waals surface area contributed by atoms with Gasteiger partial charge in [-0.15, -0.1) is 0 Å². The molecule has 1 fully saturated rings. The average molecular weight is 340 g/mol. The number of nitrogens with zero attached hydrogens (tertiary/aromatic N) is 2. The number of hydrogen-bond acceptors (Lipinski definition) is 5. The van der Waals surface area contributed by atoms with Gasteiger partial charge in [-0.1, -0.05) is 0 Å². The molecule has 2 aliphatic heterocycles. The highest BCUT2D eigenvalue weighted by Crippen LogP contribution is 2.32. The van der Waals surface area contributed by atoms with Crippen LogP contribution in [0.15, 0.2) is 18.2 Å². The molecule has 7 nitrogen and oxygen atoms in total. The van der Waals surface area contributed by atoms with Gasteiger partial charge in [-0.05, 0) is 31.5 Å². The third-order valence-corrected chi connectivity index (χ3v) is 6.00. The van der Waals surface area contributed by atoms with Crippen molar-refractivity contribution in [2.45, 2.75) is 13.3 Å². The van der Waals surface area contributed by atoms with Crippen molar-refractivity contribution in [1.82, 2.24) is 9.21 Å². The Labute approximate surface area is 135 Å². The van der Waals surface area contributed by atoms with E-state index in [0.717, 1.165) is 0 Å². The molecular formula is C15H20N2O5S. The summed E-state index contributed by atoms with van der Waals surface area (Å²) in [5.41, 5.74) is 0.529. The Kier molecular flexibility index (Phi) is 4.45. The summed E-state index contributed by atoms with van der Waals surface area (Å²) in [4.78, 5) is 14.3. The minimum Gasteiger partial charge on any atom is -0.454 e. The van der Waals surface area contributed by atoms with Gasteiger partial charge >= 0.3 is 0 Å². The lowest BCUT2D eigenvalue weighted by Crippen LogP contribution is -2.37. The number of hydrogen-bond donors (Lipinski definition) is 0. The SMILES string of the molecule is CCS(=O)(=O)N1CCCN(C(=O)c2ccc3c(c2)OCO3)CC1.